The van der Waals surface area contributed by atoms with Gasteiger partial charge in [0.05, 0.1) is 19.2 Å². The van der Waals surface area contributed by atoms with E-state index in [1.807, 2.05) is 16.8 Å². The topological polar surface area (TPSA) is 104 Å². The van der Waals surface area contributed by atoms with Crippen LogP contribution in [-0.2, 0) is 17.8 Å². The molecule has 0 aliphatic carbocycles. The zero-order valence-corrected chi connectivity index (χ0v) is 20.3. The van der Waals surface area contributed by atoms with Gasteiger partial charge in [0.2, 0.25) is 5.43 Å². The molecule has 3 heterocycles. The summed E-state index contributed by atoms with van der Waals surface area (Å²) < 4.78 is 33.6. The Balaban J connectivity index is 1.70. The molecular weight excluding hydrogens is 494 g/mol. The Labute approximate surface area is 209 Å². The Kier molecular flexibility index (Phi) is 7.36. The fraction of sp³-hybridized carbons (Fsp3) is 0.292. The number of halogens is 2. The van der Waals surface area contributed by atoms with Gasteiger partial charge in [-0.3, -0.25) is 24.1 Å². The highest BCUT2D eigenvalue weighted by atomic mass is 32.1. The normalized spacial score (nSPS) is 14.1. The van der Waals surface area contributed by atoms with Crippen molar-refractivity contribution in [3.63, 3.8) is 0 Å². The van der Waals surface area contributed by atoms with E-state index in [2.05, 4.69) is 5.32 Å². The molecule has 1 aliphatic heterocycles. The molecule has 2 amide bonds. The summed E-state index contributed by atoms with van der Waals surface area (Å²) in [6, 6.07) is 4.46. The molecule has 0 bridgehead atoms. The highest BCUT2D eigenvalue weighted by Gasteiger charge is 2.36. The van der Waals surface area contributed by atoms with Crippen molar-refractivity contribution in [3.05, 3.63) is 85.5 Å². The van der Waals surface area contributed by atoms with Crippen LogP contribution in [0.3, 0.4) is 0 Å². The van der Waals surface area contributed by atoms with E-state index in [0.717, 1.165) is 11.6 Å². The molecule has 190 valence electrons. The maximum absolute atomic E-state index is 13.9. The number of pyridine rings is 1. The monoisotopic (exact) mass is 518 g/mol. The average molecular weight is 519 g/mol. The van der Waals surface area contributed by atoms with Gasteiger partial charge in [-0.2, -0.15) is 11.3 Å². The van der Waals surface area contributed by atoms with Crippen molar-refractivity contribution in [1.82, 2.24) is 14.9 Å². The number of ether oxygens (including phenoxy) is 1. The fourth-order valence-electron chi connectivity index (χ4n) is 3.94. The van der Waals surface area contributed by atoms with Gasteiger partial charge in [-0.1, -0.05) is 6.07 Å². The largest absolute Gasteiger partial charge is 0.502 e. The molecule has 12 heteroatoms. The molecule has 4 rings (SSSR count). The van der Waals surface area contributed by atoms with E-state index < -0.39 is 40.2 Å². The first-order chi connectivity index (χ1) is 17.2. The molecule has 3 aromatic rings. The van der Waals surface area contributed by atoms with Gasteiger partial charge in [-0.15, -0.1) is 0 Å². The lowest BCUT2D eigenvalue weighted by atomic mass is 10.1. The summed E-state index contributed by atoms with van der Waals surface area (Å²) in [7, 11) is 1.51. The summed E-state index contributed by atoms with van der Waals surface area (Å²) in [6.45, 7) is 2.14. The van der Waals surface area contributed by atoms with Gasteiger partial charge >= 0.3 is 0 Å². The van der Waals surface area contributed by atoms with E-state index in [4.69, 9.17) is 4.74 Å². The highest BCUT2D eigenvalue weighted by molar-refractivity contribution is 7.07. The van der Waals surface area contributed by atoms with E-state index in [0.29, 0.717) is 12.6 Å². The third kappa shape index (κ3) is 4.95. The molecule has 9 nitrogen and oxygen atoms in total. The van der Waals surface area contributed by atoms with E-state index in [9.17, 15) is 28.3 Å². The summed E-state index contributed by atoms with van der Waals surface area (Å²) in [6.07, 6.45) is 1.19. The number of aromatic nitrogens is 1. The molecule has 0 saturated carbocycles. The lowest BCUT2D eigenvalue weighted by Gasteiger charge is -2.42. The number of fused-ring (bicyclic) bond motifs is 1. The number of carbonyl (C=O) groups excluding carboxylic acids is 2. The Morgan fingerprint density at radius 3 is 2.72 bits per heavy atom. The van der Waals surface area contributed by atoms with Crippen molar-refractivity contribution in [2.24, 2.45) is 0 Å². The van der Waals surface area contributed by atoms with Crippen LogP contribution in [0.2, 0.25) is 0 Å². The molecule has 0 unspecified atom stereocenters. The molecule has 1 atom stereocenters. The number of nitrogens with one attached hydrogen (secondary N) is 1. The van der Waals surface area contributed by atoms with Crippen molar-refractivity contribution in [1.29, 1.82) is 0 Å². The number of hydrogen-bond acceptors (Lipinski definition) is 7. The molecule has 1 aromatic carbocycles. The summed E-state index contributed by atoms with van der Waals surface area (Å²) >= 11 is 1.49. The third-order valence-electron chi connectivity index (χ3n) is 5.83. The van der Waals surface area contributed by atoms with Crippen molar-refractivity contribution in [2.75, 3.05) is 25.4 Å². The van der Waals surface area contributed by atoms with Crippen LogP contribution in [0.25, 0.3) is 0 Å². The Morgan fingerprint density at radius 1 is 1.28 bits per heavy atom. The molecule has 0 spiro atoms. The first-order valence-electron chi connectivity index (χ1n) is 11.0. The van der Waals surface area contributed by atoms with Gasteiger partial charge in [-0.25, -0.2) is 8.78 Å². The number of thiophene rings is 1. The van der Waals surface area contributed by atoms with Crippen LogP contribution >= 0.6 is 11.3 Å². The first-order valence-corrected chi connectivity index (χ1v) is 11.9. The summed E-state index contributed by atoms with van der Waals surface area (Å²) in [4.78, 5) is 40.5. The fourth-order valence-corrected chi connectivity index (χ4v) is 4.60. The second-order valence-corrected chi connectivity index (χ2v) is 9.13. The predicted octanol–water partition coefficient (Wildman–Crippen LogP) is 2.41. The van der Waals surface area contributed by atoms with Crippen LogP contribution in [0.4, 0.5) is 8.78 Å². The molecule has 0 radical (unpaired) electrons. The number of benzene rings is 1. The summed E-state index contributed by atoms with van der Waals surface area (Å²) in [5.41, 5.74) is -0.797. The van der Waals surface area contributed by atoms with Gasteiger partial charge < -0.3 is 20.1 Å². The number of aromatic hydroxyl groups is 1. The minimum Gasteiger partial charge on any atom is -0.502 e. The highest BCUT2D eigenvalue weighted by Crippen LogP contribution is 2.24. The number of rotatable bonds is 8. The van der Waals surface area contributed by atoms with Gasteiger partial charge in [0.1, 0.15) is 23.9 Å². The van der Waals surface area contributed by atoms with Crippen LogP contribution in [-0.4, -0.2) is 52.9 Å². The second kappa shape index (κ2) is 10.5. The second-order valence-electron chi connectivity index (χ2n) is 8.35. The Morgan fingerprint density at radius 2 is 2.06 bits per heavy atom. The van der Waals surface area contributed by atoms with Crippen molar-refractivity contribution < 1.29 is 28.2 Å². The standard InChI is InChI=1S/C24H24F2N4O5S/c1-14(11-35-2)29-13-28(9-15-5-6-36-12-15)30-10-18(21(31)22(32)20(30)24(29)34)23(33)27-8-16-3-4-17(25)7-19(16)26/h3-7,10,12,14,32H,8-9,11,13H2,1-2H3,(H,27,33)/t14-/m0/s1. The number of methoxy groups -OCH3 is 1. The number of hydrogen-bond donors (Lipinski definition) is 2. The van der Waals surface area contributed by atoms with Crippen LogP contribution in [0.5, 0.6) is 5.75 Å². The molecule has 2 N–H and O–H groups in total. The van der Waals surface area contributed by atoms with Crippen molar-refractivity contribution >= 4 is 23.2 Å². The molecule has 1 aliphatic rings. The maximum atomic E-state index is 13.9. The van der Waals surface area contributed by atoms with Crippen molar-refractivity contribution in [2.45, 2.75) is 26.1 Å². The number of nitrogens with zero attached hydrogens (tertiary/aromatic N) is 3. The summed E-state index contributed by atoms with van der Waals surface area (Å²) in [5.74, 6) is -3.95. The number of amides is 2. The minimum atomic E-state index is -1.04. The van der Waals surface area contributed by atoms with Gasteiger partial charge in [0.25, 0.3) is 11.8 Å². The van der Waals surface area contributed by atoms with Gasteiger partial charge in [-0.05, 0) is 35.4 Å². The molecule has 0 saturated heterocycles. The van der Waals surface area contributed by atoms with Crippen molar-refractivity contribution in [3.8, 4) is 5.75 Å². The van der Waals surface area contributed by atoms with E-state index in [1.54, 1.807) is 11.9 Å². The average Bonchev–Trinajstić information content (AvgIpc) is 3.35. The number of carbonyl (C=O) groups is 2. The van der Waals surface area contributed by atoms with Gasteiger partial charge in [0, 0.05) is 31.5 Å². The predicted molar refractivity (Wildman–Crippen MR) is 129 cm³/mol. The minimum absolute atomic E-state index is 0.0177. The molecule has 36 heavy (non-hydrogen) atoms. The third-order valence-corrected chi connectivity index (χ3v) is 6.56. The molecule has 0 fully saturated rings. The Hall–Kier alpha value is -3.77. The van der Waals surface area contributed by atoms with E-state index in [-0.39, 0.29) is 37.1 Å². The summed E-state index contributed by atoms with van der Waals surface area (Å²) in [5, 5.41) is 18.7. The quantitative estimate of drug-likeness (QED) is 0.475. The molecular formula is C24H24F2N4O5S. The lowest BCUT2D eigenvalue weighted by molar-refractivity contribution is 0.0478. The van der Waals surface area contributed by atoms with E-state index >= 15 is 0 Å². The van der Waals surface area contributed by atoms with Crippen LogP contribution in [0.15, 0.2) is 46.0 Å². The van der Waals surface area contributed by atoms with Crippen LogP contribution < -0.4 is 15.8 Å². The SMILES string of the molecule is COC[C@H](C)N1CN(Cc2ccsc2)n2cc(C(=O)NCc3ccc(F)cc3F)c(=O)c(O)c2C1=O. The first kappa shape index (κ1) is 25.3. The van der Waals surface area contributed by atoms with Gasteiger partial charge in [0.15, 0.2) is 11.4 Å². The van der Waals surface area contributed by atoms with E-state index in [1.165, 1.54) is 40.3 Å². The lowest BCUT2D eigenvalue weighted by Crippen LogP contribution is -2.57. The smallest absolute Gasteiger partial charge is 0.278 e. The maximum Gasteiger partial charge on any atom is 0.278 e. The van der Waals surface area contributed by atoms with Crippen LogP contribution in [0, 0.1) is 11.6 Å². The zero-order chi connectivity index (χ0) is 26.0. The molecule has 2 aromatic heterocycles. The zero-order valence-electron chi connectivity index (χ0n) is 19.5. The Bertz CT molecular complexity index is 1350. The van der Waals surface area contributed by atoms with Crippen LogP contribution in [0.1, 0.15) is 38.9 Å².